The van der Waals surface area contributed by atoms with Gasteiger partial charge < -0.3 is 10.3 Å². The van der Waals surface area contributed by atoms with Crippen LogP contribution in [0.15, 0.2) is 41.6 Å². The van der Waals surface area contributed by atoms with Gasteiger partial charge in [-0.15, -0.1) is 0 Å². The van der Waals surface area contributed by atoms with E-state index < -0.39 is 0 Å². The van der Waals surface area contributed by atoms with Crippen LogP contribution in [0.5, 0.6) is 0 Å². The van der Waals surface area contributed by atoms with Gasteiger partial charge in [-0.25, -0.2) is 15.0 Å². The summed E-state index contributed by atoms with van der Waals surface area (Å²) in [6.45, 7) is 1.42. The van der Waals surface area contributed by atoms with E-state index in [1.54, 1.807) is 24.3 Å². The molecule has 0 radical (unpaired) electrons. The van der Waals surface area contributed by atoms with Crippen molar-refractivity contribution in [1.82, 2.24) is 19.9 Å². The highest BCUT2D eigenvalue weighted by atomic mass is 16.1. The molecule has 0 aliphatic heterocycles. The summed E-state index contributed by atoms with van der Waals surface area (Å²) in [7, 11) is 0. The maximum Gasteiger partial charge on any atom is 0.275 e. The van der Waals surface area contributed by atoms with E-state index in [2.05, 4.69) is 25.3 Å². The van der Waals surface area contributed by atoms with E-state index in [4.69, 9.17) is 0 Å². The number of carbonyl (C=O) groups is 1. The normalized spacial score (nSPS) is 10.5. The standard InChI is InChI=1S/C14H11N5O2/c1-8(20)17-10-4-2-3-9(5-10)12-14(21)18-11-6-15-7-16-13(11)19-12/h2-7H,1H3,(H,17,20)(H,18,21). The maximum atomic E-state index is 12.1. The molecular weight excluding hydrogens is 270 g/mol. The maximum absolute atomic E-state index is 12.1. The molecule has 0 bridgehead atoms. The van der Waals surface area contributed by atoms with Gasteiger partial charge in [-0.2, -0.15) is 0 Å². The Hall–Kier alpha value is -3.09. The Morgan fingerprint density at radius 2 is 2.19 bits per heavy atom. The lowest BCUT2D eigenvalue weighted by Crippen LogP contribution is -2.12. The van der Waals surface area contributed by atoms with Crippen LogP contribution in [0.1, 0.15) is 6.92 Å². The lowest BCUT2D eigenvalue weighted by molar-refractivity contribution is -0.114. The van der Waals surface area contributed by atoms with Gasteiger partial charge >= 0.3 is 0 Å². The van der Waals surface area contributed by atoms with Crippen molar-refractivity contribution >= 4 is 22.8 Å². The van der Waals surface area contributed by atoms with Crippen LogP contribution in [0, 0.1) is 0 Å². The Morgan fingerprint density at radius 1 is 1.33 bits per heavy atom. The highest BCUT2D eigenvalue weighted by Crippen LogP contribution is 2.19. The number of nitrogens with zero attached hydrogens (tertiary/aromatic N) is 3. The van der Waals surface area contributed by atoms with Crippen molar-refractivity contribution in [3.8, 4) is 11.3 Å². The SMILES string of the molecule is CC(=O)Nc1cccc(-c2nc3ncncc3[nH]c2=O)c1. The summed E-state index contributed by atoms with van der Waals surface area (Å²) < 4.78 is 0. The van der Waals surface area contributed by atoms with E-state index in [0.29, 0.717) is 22.4 Å². The van der Waals surface area contributed by atoms with E-state index in [0.717, 1.165) is 0 Å². The highest BCUT2D eigenvalue weighted by molar-refractivity contribution is 5.89. The monoisotopic (exact) mass is 281 g/mol. The minimum atomic E-state index is -0.336. The van der Waals surface area contributed by atoms with Crippen LogP contribution in [-0.2, 0) is 4.79 Å². The zero-order valence-electron chi connectivity index (χ0n) is 11.1. The van der Waals surface area contributed by atoms with E-state index in [1.165, 1.54) is 19.4 Å². The van der Waals surface area contributed by atoms with E-state index >= 15 is 0 Å². The summed E-state index contributed by atoms with van der Waals surface area (Å²) in [6.07, 6.45) is 2.86. The van der Waals surface area contributed by atoms with Crippen molar-refractivity contribution in [2.75, 3.05) is 5.32 Å². The molecule has 0 saturated carbocycles. The summed E-state index contributed by atoms with van der Waals surface area (Å²) in [5, 5.41) is 2.67. The average molecular weight is 281 g/mol. The number of fused-ring (bicyclic) bond motifs is 1. The number of aromatic amines is 1. The number of rotatable bonds is 2. The minimum Gasteiger partial charge on any atom is -0.326 e. The molecule has 2 N–H and O–H groups in total. The van der Waals surface area contributed by atoms with Gasteiger partial charge in [0.2, 0.25) is 5.91 Å². The fraction of sp³-hybridized carbons (Fsp3) is 0.0714. The minimum absolute atomic E-state index is 0.180. The van der Waals surface area contributed by atoms with Gasteiger partial charge in [0, 0.05) is 18.2 Å². The third-order valence-corrected chi connectivity index (χ3v) is 2.83. The molecular formula is C14H11N5O2. The molecule has 104 valence electrons. The predicted molar refractivity (Wildman–Crippen MR) is 77.7 cm³/mol. The number of amides is 1. The smallest absolute Gasteiger partial charge is 0.275 e. The zero-order chi connectivity index (χ0) is 14.8. The molecule has 1 aromatic carbocycles. The van der Waals surface area contributed by atoms with Crippen LogP contribution >= 0.6 is 0 Å². The Bertz CT molecular complexity index is 888. The fourth-order valence-electron chi connectivity index (χ4n) is 1.98. The molecule has 1 amide bonds. The van der Waals surface area contributed by atoms with Gasteiger partial charge in [0.1, 0.15) is 17.5 Å². The van der Waals surface area contributed by atoms with E-state index in [1.807, 2.05) is 0 Å². The summed E-state index contributed by atoms with van der Waals surface area (Å²) in [6, 6.07) is 6.91. The number of H-pyrrole nitrogens is 1. The lowest BCUT2D eigenvalue weighted by Gasteiger charge is -2.05. The number of nitrogens with one attached hydrogen (secondary N) is 2. The van der Waals surface area contributed by atoms with Crippen LogP contribution < -0.4 is 10.9 Å². The molecule has 3 rings (SSSR count). The molecule has 0 atom stereocenters. The molecule has 21 heavy (non-hydrogen) atoms. The Labute approximate surface area is 119 Å². The number of aromatic nitrogens is 4. The summed E-state index contributed by atoms with van der Waals surface area (Å²) in [5.41, 5.74) is 1.99. The molecule has 7 heteroatoms. The molecule has 0 spiro atoms. The first-order valence-electron chi connectivity index (χ1n) is 6.21. The number of anilines is 1. The topological polar surface area (TPSA) is 101 Å². The lowest BCUT2D eigenvalue weighted by atomic mass is 10.1. The van der Waals surface area contributed by atoms with Crippen molar-refractivity contribution in [2.24, 2.45) is 0 Å². The molecule has 0 fully saturated rings. The zero-order valence-corrected chi connectivity index (χ0v) is 11.1. The average Bonchev–Trinajstić information content (AvgIpc) is 2.46. The number of hydrogen-bond donors (Lipinski definition) is 2. The van der Waals surface area contributed by atoms with Crippen molar-refractivity contribution in [3.63, 3.8) is 0 Å². The molecule has 2 heterocycles. The highest BCUT2D eigenvalue weighted by Gasteiger charge is 2.09. The molecule has 3 aromatic rings. The van der Waals surface area contributed by atoms with Gasteiger partial charge in [-0.05, 0) is 12.1 Å². The van der Waals surface area contributed by atoms with Gasteiger partial charge in [0.15, 0.2) is 5.65 Å². The number of benzene rings is 1. The van der Waals surface area contributed by atoms with Crippen LogP contribution in [0.2, 0.25) is 0 Å². The fourth-order valence-corrected chi connectivity index (χ4v) is 1.98. The molecule has 0 unspecified atom stereocenters. The van der Waals surface area contributed by atoms with Gasteiger partial charge in [0.05, 0.1) is 6.20 Å². The molecule has 2 aromatic heterocycles. The molecule has 7 nitrogen and oxygen atoms in total. The third-order valence-electron chi connectivity index (χ3n) is 2.83. The first-order valence-corrected chi connectivity index (χ1v) is 6.21. The van der Waals surface area contributed by atoms with E-state index in [9.17, 15) is 9.59 Å². The Kier molecular flexibility index (Phi) is 3.15. The Balaban J connectivity index is 2.13. The van der Waals surface area contributed by atoms with Crippen molar-refractivity contribution in [2.45, 2.75) is 6.92 Å². The summed E-state index contributed by atoms with van der Waals surface area (Å²) >= 11 is 0. The first kappa shape index (κ1) is 12.9. The van der Waals surface area contributed by atoms with Crippen molar-refractivity contribution < 1.29 is 4.79 Å². The third kappa shape index (κ3) is 2.62. The van der Waals surface area contributed by atoms with Gasteiger partial charge in [-0.1, -0.05) is 12.1 Å². The first-order chi connectivity index (χ1) is 10.1. The second kappa shape index (κ2) is 5.12. The quantitative estimate of drug-likeness (QED) is 0.738. The van der Waals surface area contributed by atoms with Gasteiger partial charge in [-0.3, -0.25) is 9.59 Å². The largest absolute Gasteiger partial charge is 0.326 e. The number of hydrogen-bond acceptors (Lipinski definition) is 5. The van der Waals surface area contributed by atoms with E-state index in [-0.39, 0.29) is 17.2 Å². The second-order valence-electron chi connectivity index (χ2n) is 4.44. The Morgan fingerprint density at radius 3 is 3.00 bits per heavy atom. The summed E-state index contributed by atoms with van der Waals surface area (Å²) in [4.78, 5) is 38.0. The van der Waals surface area contributed by atoms with Crippen molar-refractivity contribution in [1.29, 1.82) is 0 Å². The second-order valence-corrected chi connectivity index (χ2v) is 4.44. The molecule has 0 saturated heterocycles. The number of carbonyl (C=O) groups excluding carboxylic acids is 1. The summed E-state index contributed by atoms with van der Waals surface area (Å²) in [5.74, 6) is -0.180. The van der Waals surface area contributed by atoms with Crippen molar-refractivity contribution in [3.05, 3.63) is 47.1 Å². The van der Waals surface area contributed by atoms with Crippen LogP contribution in [-0.4, -0.2) is 25.8 Å². The predicted octanol–water partition coefficient (Wildman–Crippen LogP) is 1.34. The van der Waals surface area contributed by atoms with Crippen LogP contribution in [0.25, 0.3) is 22.4 Å². The molecule has 0 aliphatic rings. The van der Waals surface area contributed by atoms with Gasteiger partial charge in [0.25, 0.3) is 5.56 Å². The molecule has 0 aliphatic carbocycles. The van der Waals surface area contributed by atoms with Crippen LogP contribution in [0.4, 0.5) is 5.69 Å². The van der Waals surface area contributed by atoms with Crippen LogP contribution in [0.3, 0.4) is 0 Å².